The molecule has 3 rings (SSSR count). The van der Waals surface area contributed by atoms with Crippen LogP contribution < -0.4 is 5.73 Å². The number of aromatic nitrogens is 2. The highest BCUT2D eigenvalue weighted by molar-refractivity contribution is 5.81. The minimum atomic E-state index is -0.0380. The van der Waals surface area contributed by atoms with E-state index < -0.39 is 0 Å². The maximum absolute atomic E-state index is 5.83. The number of hydrogen-bond acceptors (Lipinski definition) is 5. The van der Waals surface area contributed by atoms with E-state index in [4.69, 9.17) is 14.7 Å². The van der Waals surface area contributed by atoms with Gasteiger partial charge in [-0.25, -0.2) is 0 Å². The molecular weight excluding hydrogens is 242 g/mol. The lowest BCUT2D eigenvalue weighted by molar-refractivity contribution is 0.346. The number of rotatable bonds is 3. The zero-order chi connectivity index (χ0) is 13.4. The molecule has 0 saturated heterocycles. The van der Waals surface area contributed by atoms with Crippen LogP contribution in [0.3, 0.4) is 0 Å². The molecule has 0 aliphatic rings. The molecular formula is C14H15N3O2. The zero-order valence-corrected chi connectivity index (χ0v) is 10.8. The molecule has 3 aromatic rings. The largest absolute Gasteiger partial charge is 0.453 e. The van der Waals surface area contributed by atoms with Crippen molar-refractivity contribution in [3.8, 4) is 11.6 Å². The van der Waals surface area contributed by atoms with Gasteiger partial charge in [0.15, 0.2) is 5.76 Å². The first kappa shape index (κ1) is 11.9. The standard InChI is InChI=1S/C14H15N3O2/c1-8(9(2)15)14-16-13(17-19-14)12-7-10-5-3-4-6-11(10)18-12/h3-9H,15H2,1-2H3. The topological polar surface area (TPSA) is 78.1 Å². The molecule has 2 N–H and O–H groups in total. The highest BCUT2D eigenvalue weighted by Crippen LogP contribution is 2.27. The molecule has 19 heavy (non-hydrogen) atoms. The Balaban J connectivity index is 1.98. The highest BCUT2D eigenvalue weighted by Gasteiger charge is 2.20. The van der Waals surface area contributed by atoms with Crippen molar-refractivity contribution in [3.05, 3.63) is 36.2 Å². The van der Waals surface area contributed by atoms with Gasteiger partial charge in [-0.2, -0.15) is 4.98 Å². The predicted molar refractivity (Wildman–Crippen MR) is 71.6 cm³/mol. The molecule has 0 spiro atoms. The normalized spacial score (nSPS) is 14.7. The maximum atomic E-state index is 5.83. The Kier molecular flexibility index (Phi) is 2.83. The van der Waals surface area contributed by atoms with Crippen molar-refractivity contribution >= 4 is 11.0 Å². The van der Waals surface area contributed by atoms with Gasteiger partial charge in [-0.15, -0.1) is 0 Å². The van der Waals surface area contributed by atoms with Crippen LogP contribution in [0.1, 0.15) is 25.7 Å². The van der Waals surface area contributed by atoms with E-state index in [1.807, 2.05) is 44.2 Å². The molecule has 2 atom stereocenters. The summed E-state index contributed by atoms with van der Waals surface area (Å²) in [7, 11) is 0. The molecule has 0 radical (unpaired) electrons. The second-order valence-electron chi connectivity index (χ2n) is 4.75. The Hall–Kier alpha value is -2.14. The summed E-state index contributed by atoms with van der Waals surface area (Å²) in [5, 5.41) is 4.97. The first-order valence-electron chi connectivity index (χ1n) is 6.23. The van der Waals surface area contributed by atoms with E-state index in [9.17, 15) is 0 Å². The summed E-state index contributed by atoms with van der Waals surface area (Å²) < 4.78 is 10.9. The molecule has 0 fully saturated rings. The lowest BCUT2D eigenvalue weighted by Crippen LogP contribution is -2.22. The van der Waals surface area contributed by atoms with E-state index in [0.29, 0.717) is 17.5 Å². The number of para-hydroxylation sites is 1. The summed E-state index contributed by atoms with van der Waals surface area (Å²) in [4.78, 5) is 4.35. The molecule has 98 valence electrons. The van der Waals surface area contributed by atoms with Crippen molar-refractivity contribution in [2.45, 2.75) is 25.8 Å². The van der Waals surface area contributed by atoms with E-state index in [1.165, 1.54) is 0 Å². The third-order valence-electron chi connectivity index (χ3n) is 3.27. The van der Waals surface area contributed by atoms with Gasteiger partial charge in [0.1, 0.15) is 5.58 Å². The molecule has 5 heteroatoms. The van der Waals surface area contributed by atoms with Crippen LogP contribution in [0, 0.1) is 0 Å². The third-order valence-corrected chi connectivity index (χ3v) is 3.27. The predicted octanol–water partition coefficient (Wildman–Crippen LogP) is 2.93. The van der Waals surface area contributed by atoms with Crippen molar-refractivity contribution < 1.29 is 8.94 Å². The second-order valence-corrected chi connectivity index (χ2v) is 4.75. The summed E-state index contributed by atoms with van der Waals surface area (Å²) in [5.41, 5.74) is 6.64. The molecule has 2 unspecified atom stereocenters. The fourth-order valence-corrected chi connectivity index (χ4v) is 1.84. The monoisotopic (exact) mass is 257 g/mol. The third kappa shape index (κ3) is 2.13. The van der Waals surface area contributed by atoms with Gasteiger partial charge in [0, 0.05) is 11.4 Å². The van der Waals surface area contributed by atoms with Crippen LogP contribution in [0.2, 0.25) is 0 Å². The lowest BCUT2D eigenvalue weighted by Gasteiger charge is -2.08. The molecule has 0 amide bonds. The van der Waals surface area contributed by atoms with E-state index in [2.05, 4.69) is 10.1 Å². The van der Waals surface area contributed by atoms with Crippen LogP contribution in [-0.2, 0) is 0 Å². The molecule has 5 nitrogen and oxygen atoms in total. The summed E-state index contributed by atoms with van der Waals surface area (Å²) >= 11 is 0. The van der Waals surface area contributed by atoms with Crippen molar-refractivity contribution in [1.29, 1.82) is 0 Å². The van der Waals surface area contributed by atoms with Crippen LogP contribution in [0.15, 0.2) is 39.3 Å². The Morgan fingerprint density at radius 2 is 2.00 bits per heavy atom. The van der Waals surface area contributed by atoms with Crippen LogP contribution in [-0.4, -0.2) is 16.2 Å². The molecule has 0 aliphatic carbocycles. The molecule has 0 saturated carbocycles. The van der Waals surface area contributed by atoms with Gasteiger partial charge in [0.25, 0.3) is 0 Å². The number of benzene rings is 1. The number of hydrogen-bond donors (Lipinski definition) is 1. The summed E-state index contributed by atoms with van der Waals surface area (Å²) in [6.45, 7) is 3.87. The average Bonchev–Trinajstić information content (AvgIpc) is 3.03. The van der Waals surface area contributed by atoms with Gasteiger partial charge < -0.3 is 14.7 Å². The Bertz CT molecular complexity index is 666. The number of nitrogens with zero attached hydrogens (tertiary/aromatic N) is 2. The van der Waals surface area contributed by atoms with E-state index in [-0.39, 0.29) is 12.0 Å². The van der Waals surface area contributed by atoms with Gasteiger partial charge in [0.05, 0.1) is 5.92 Å². The SMILES string of the molecule is CC(N)C(C)c1nc(-c2cc3ccccc3o2)no1. The maximum Gasteiger partial charge on any atom is 0.238 e. The van der Waals surface area contributed by atoms with E-state index >= 15 is 0 Å². The molecule has 0 bridgehead atoms. The Labute approximate surface area is 110 Å². The second kappa shape index (κ2) is 4.51. The van der Waals surface area contributed by atoms with Crippen LogP contribution in [0.4, 0.5) is 0 Å². The minimum Gasteiger partial charge on any atom is -0.453 e. The van der Waals surface area contributed by atoms with Crippen molar-refractivity contribution in [3.63, 3.8) is 0 Å². The smallest absolute Gasteiger partial charge is 0.238 e. The van der Waals surface area contributed by atoms with Crippen LogP contribution in [0.5, 0.6) is 0 Å². The Morgan fingerprint density at radius 3 is 2.74 bits per heavy atom. The van der Waals surface area contributed by atoms with E-state index in [1.54, 1.807) is 0 Å². The quantitative estimate of drug-likeness (QED) is 0.780. The van der Waals surface area contributed by atoms with Crippen LogP contribution >= 0.6 is 0 Å². The van der Waals surface area contributed by atoms with Gasteiger partial charge in [0.2, 0.25) is 11.7 Å². The van der Waals surface area contributed by atoms with Gasteiger partial charge in [-0.3, -0.25) is 0 Å². The molecule has 0 aliphatic heterocycles. The van der Waals surface area contributed by atoms with Gasteiger partial charge in [-0.1, -0.05) is 30.3 Å². The van der Waals surface area contributed by atoms with Crippen molar-refractivity contribution in [2.24, 2.45) is 5.73 Å². The van der Waals surface area contributed by atoms with Gasteiger partial charge >= 0.3 is 0 Å². The van der Waals surface area contributed by atoms with Crippen molar-refractivity contribution in [1.82, 2.24) is 10.1 Å². The minimum absolute atomic E-state index is 0.0191. The highest BCUT2D eigenvalue weighted by atomic mass is 16.5. The Morgan fingerprint density at radius 1 is 1.21 bits per heavy atom. The molecule has 2 heterocycles. The summed E-state index contributed by atoms with van der Waals surface area (Å²) in [6, 6.07) is 9.64. The van der Waals surface area contributed by atoms with E-state index in [0.717, 1.165) is 11.0 Å². The summed E-state index contributed by atoms with van der Waals surface area (Å²) in [5.74, 6) is 1.61. The first-order chi connectivity index (χ1) is 9.15. The fraction of sp³-hybridized carbons (Fsp3) is 0.286. The zero-order valence-electron chi connectivity index (χ0n) is 10.8. The number of nitrogens with two attached hydrogens (primary N) is 1. The summed E-state index contributed by atoms with van der Waals surface area (Å²) in [6.07, 6.45) is 0. The fourth-order valence-electron chi connectivity index (χ4n) is 1.84. The molecule has 2 aromatic heterocycles. The van der Waals surface area contributed by atoms with Gasteiger partial charge in [-0.05, 0) is 19.1 Å². The number of fused-ring (bicyclic) bond motifs is 1. The average molecular weight is 257 g/mol. The first-order valence-corrected chi connectivity index (χ1v) is 6.23. The van der Waals surface area contributed by atoms with Crippen molar-refractivity contribution in [2.75, 3.05) is 0 Å². The number of furan rings is 1. The lowest BCUT2D eigenvalue weighted by atomic mass is 10.1. The van der Waals surface area contributed by atoms with Crippen LogP contribution in [0.25, 0.3) is 22.6 Å². The molecule has 1 aromatic carbocycles.